The largest absolute Gasteiger partial charge is 0.397 e. The first-order valence-electron chi connectivity index (χ1n) is 12.6. The summed E-state index contributed by atoms with van der Waals surface area (Å²) in [6.07, 6.45) is 3.14. The summed E-state index contributed by atoms with van der Waals surface area (Å²) < 4.78 is 13.6. The van der Waals surface area contributed by atoms with Gasteiger partial charge < -0.3 is 21.5 Å². The van der Waals surface area contributed by atoms with Crippen molar-refractivity contribution in [2.45, 2.75) is 25.4 Å². The molecule has 3 aromatic carbocycles. The van der Waals surface area contributed by atoms with Crippen molar-refractivity contribution in [2.75, 3.05) is 36.0 Å². The molecule has 1 fully saturated rings. The van der Waals surface area contributed by atoms with E-state index in [1.165, 1.54) is 24.3 Å². The Morgan fingerprint density at radius 2 is 1.82 bits per heavy atom. The Balaban J connectivity index is 1.48. The summed E-state index contributed by atoms with van der Waals surface area (Å²) in [6, 6.07) is 18.8. The molecule has 2 amide bonds. The average molecular weight is 551 g/mol. The van der Waals surface area contributed by atoms with Crippen LogP contribution >= 0.6 is 11.6 Å². The third-order valence-corrected chi connectivity index (χ3v) is 6.83. The summed E-state index contributed by atoms with van der Waals surface area (Å²) in [4.78, 5) is 27.7. The van der Waals surface area contributed by atoms with Crippen LogP contribution in [0.2, 0.25) is 5.02 Å². The first-order valence-corrected chi connectivity index (χ1v) is 13.0. The minimum Gasteiger partial charge on any atom is -0.397 e. The minimum absolute atomic E-state index is 0.0657. The number of amides is 2. The van der Waals surface area contributed by atoms with E-state index >= 15 is 0 Å². The maximum Gasteiger partial charge on any atom is 0.248 e. The van der Waals surface area contributed by atoms with Crippen molar-refractivity contribution >= 4 is 46.6 Å². The van der Waals surface area contributed by atoms with E-state index in [0.29, 0.717) is 36.7 Å². The van der Waals surface area contributed by atoms with Crippen molar-refractivity contribution in [3.63, 3.8) is 0 Å². The van der Waals surface area contributed by atoms with Gasteiger partial charge in [-0.05, 0) is 61.4 Å². The topological polar surface area (TPSA) is 108 Å². The monoisotopic (exact) mass is 550 g/mol. The number of β-amino-alcohol motifs (C(OH)–C–C–N with tert-alkyl or cyclic N) is 1. The van der Waals surface area contributed by atoms with E-state index in [2.05, 4.69) is 15.5 Å². The van der Waals surface area contributed by atoms with Gasteiger partial charge in [0.2, 0.25) is 11.8 Å². The first-order chi connectivity index (χ1) is 18.5. The maximum absolute atomic E-state index is 13.6. The molecule has 5 N–H and O–H groups in total. The van der Waals surface area contributed by atoms with E-state index in [0.717, 1.165) is 11.1 Å². The second kappa shape index (κ2) is 12.0. The smallest absolute Gasteiger partial charge is 0.248 e. The fourth-order valence-corrected chi connectivity index (χ4v) is 4.97. The molecule has 0 radical (unpaired) electrons. The molecule has 0 saturated carbocycles. The molecule has 204 valence electrons. The van der Waals surface area contributed by atoms with Crippen molar-refractivity contribution in [3.05, 3.63) is 94.8 Å². The van der Waals surface area contributed by atoms with Gasteiger partial charge in [0.1, 0.15) is 5.82 Å². The first kappa shape index (κ1) is 28.3. The van der Waals surface area contributed by atoms with Crippen LogP contribution in [-0.4, -0.2) is 47.1 Å². The van der Waals surface area contributed by atoms with Gasteiger partial charge in [-0.3, -0.25) is 14.5 Å². The Hall–Kier alpha value is -3.72. The lowest BCUT2D eigenvalue weighted by molar-refractivity contribution is -0.120. The molecule has 1 aliphatic heterocycles. The zero-order valence-corrected chi connectivity index (χ0v) is 22.6. The Bertz CT molecular complexity index is 1370. The van der Waals surface area contributed by atoms with Crippen LogP contribution in [0.1, 0.15) is 30.9 Å². The molecule has 4 rings (SSSR count). The third kappa shape index (κ3) is 7.66. The van der Waals surface area contributed by atoms with E-state index < -0.39 is 17.3 Å². The second-order valence-electron chi connectivity index (χ2n) is 10.4. The molecule has 0 aliphatic carbocycles. The van der Waals surface area contributed by atoms with Gasteiger partial charge in [-0.1, -0.05) is 48.0 Å². The highest BCUT2D eigenvalue weighted by Gasteiger charge is 2.39. The van der Waals surface area contributed by atoms with E-state index in [1.54, 1.807) is 44.2 Å². The number of nitrogen functional groups attached to an aromatic ring is 1. The number of para-hydroxylation sites is 2. The second-order valence-corrected chi connectivity index (χ2v) is 10.8. The molecule has 1 aliphatic rings. The molecular weight excluding hydrogens is 519 g/mol. The molecule has 7 nitrogen and oxygen atoms in total. The van der Waals surface area contributed by atoms with Gasteiger partial charge in [0.25, 0.3) is 0 Å². The Kier molecular flexibility index (Phi) is 8.70. The quantitative estimate of drug-likeness (QED) is 0.229. The van der Waals surface area contributed by atoms with Crippen molar-refractivity contribution in [3.8, 4) is 0 Å². The lowest BCUT2D eigenvalue weighted by atomic mass is 9.88. The average Bonchev–Trinajstić information content (AvgIpc) is 3.29. The number of hydrogen-bond donors (Lipinski definition) is 4. The highest BCUT2D eigenvalue weighted by atomic mass is 35.5. The number of anilines is 3. The van der Waals surface area contributed by atoms with Gasteiger partial charge in [0.05, 0.1) is 27.9 Å². The lowest BCUT2D eigenvalue weighted by Gasteiger charge is -2.25. The molecule has 1 heterocycles. The predicted octanol–water partition coefficient (Wildman–Crippen LogP) is 5.14. The summed E-state index contributed by atoms with van der Waals surface area (Å²) in [5.41, 5.74) is 8.20. The molecule has 0 bridgehead atoms. The van der Waals surface area contributed by atoms with Gasteiger partial charge >= 0.3 is 0 Å². The van der Waals surface area contributed by atoms with Crippen LogP contribution in [0.15, 0.2) is 72.8 Å². The van der Waals surface area contributed by atoms with Gasteiger partial charge in [-0.15, -0.1) is 0 Å². The van der Waals surface area contributed by atoms with E-state index in [1.807, 2.05) is 24.3 Å². The number of halogens is 2. The minimum atomic E-state index is -0.917. The fourth-order valence-electron chi connectivity index (χ4n) is 4.79. The normalized spacial score (nSPS) is 17.9. The van der Waals surface area contributed by atoms with Crippen LogP contribution in [0, 0.1) is 11.7 Å². The number of aliphatic hydroxyl groups is 1. The molecule has 3 aromatic rings. The zero-order valence-electron chi connectivity index (χ0n) is 21.8. The predicted molar refractivity (Wildman–Crippen MR) is 154 cm³/mol. The van der Waals surface area contributed by atoms with Gasteiger partial charge in [-0.25, -0.2) is 4.39 Å². The Labute approximate surface area is 232 Å². The fraction of sp³-hybridized carbons (Fsp3) is 0.267. The Morgan fingerprint density at radius 3 is 2.49 bits per heavy atom. The van der Waals surface area contributed by atoms with E-state index in [9.17, 15) is 19.1 Å². The van der Waals surface area contributed by atoms with Crippen LogP contribution in [0.3, 0.4) is 0 Å². The zero-order chi connectivity index (χ0) is 28.2. The lowest BCUT2D eigenvalue weighted by Crippen LogP contribution is -2.38. The number of rotatable bonds is 8. The van der Waals surface area contributed by atoms with Crippen molar-refractivity contribution in [1.82, 2.24) is 4.90 Å². The number of benzene rings is 3. The number of nitrogens with two attached hydrogens (primary N) is 1. The van der Waals surface area contributed by atoms with Crippen molar-refractivity contribution in [2.24, 2.45) is 5.92 Å². The molecule has 2 unspecified atom stereocenters. The molecule has 2 atom stereocenters. The van der Waals surface area contributed by atoms with Crippen molar-refractivity contribution in [1.29, 1.82) is 0 Å². The summed E-state index contributed by atoms with van der Waals surface area (Å²) in [5.74, 6) is -1.60. The standard InChI is InChI=1S/C30H32ClFN4O3/c1-30(2,39)18-36-16-22(23(17-36)29(38)34-21-12-13-25(32)24(31)15-21)20-10-7-19(8-11-20)9-14-28(37)35-27-6-4-3-5-26(27)33/h3-15,22-23,39H,16-18,33H2,1-2H3,(H,34,38)(H,35,37)/b14-9+. The SMILES string of the molecule is CC(C)(O)CN1CC(C(=O)Nc2ccc(F)c(Cl)c2)C(c2ccc(/C=C/C(=O)Nc3ccccc3N)cc2)C1. The van der Waals surface area contributed by atoms with Gasteiger partial charge in [-0.2, -0.15) is 0 Å². The van der Waals surface area contributed by atoms with Crippen molar-refractivity contribution < 1.29 is 19.1 Å². The maximum atomic E-state index is 13.6. The van der Waals surface area contributed by atoms with Gasteiger partial charge in [0, 0.05) is 37.3 Å². The van der Waals surface area contributed by atoms with E-state index in [4.69, 9.17) is 17.3 Å². The summed E-state index contributed by atoms with van der Waals surface area (Å²) in [6.45, 7) is 4.93. The van der Waals surface area contributed by atoms with E-state index in [-0.39, 0.29) is 22.8 Å². The van der Waals surface area contributed by atoms with Crippen LogP contribution in [-0.2, 0) is 9.59 Å². The summed E-state index contributed by atoms with van der Waals surface area (Å²) in [7, 11) is 0. The highest BCUT2D eigenvalue weighted by molar-refractivity contribution is 6.31. The van der Waals surface area contributed by atoms with Crippen LogP contribution < -0.4 is 16.4 Å². The summed E-state index contributed by atoms with van der Waals surface area (Å²) >= 11 is 5.89. The number of nitrogens with zero attached hydrogens (tertiary/aromatic N) is 1. The molecule has 39 heavy (non-hydrogen) atoms. The molecule has 9 heteroatoms. The number of carbonyl (C=O) groups is 2. The van der Waals surface area contributed by atoms with Crippen LogP contribution in [0.5, 0.6) is 0 Å². The number of carbonyl (C=O) groups excluding carboxylic acids is 2. The number of nitrogens with one attached hydrogen (secondary N) is 2. The molecule has 0 spiro atoms. The third-order valence-electron chi connectivity index (χ3n) is 6.54. The Morgan fingerprint density at radius 1 is 1.10 bits per heavy atom. The van der Waals surface area contributed by atoms with Gasteiger partial charge in [0.15, 0.2) is 0 Å². The highest BCUT2D eigenvalue weighted by Crippen LogP contribution is 2.35. The summed E-state index contributed by atoms with van der Waals surface area (Å²) in [5, 5.41) is 15.9. The number of likely N-dealkylation sites (tertiary alicyclic amines) is 1. The molecule has 0 aromatic heterocycles. The molecule has 1 saturated heterocycles. The van der Waals surface area contributed by atoms with Crippen LogP contribution in [0.25, 0.3) is 6.08 Å². The molecular formula is C30H32ClFN4O3. The number of hydrogen-bond acceptors (Lipinski definition) is 5. The van der Waals surface area contributed by atoms with Crippen LogP contribution in [0.4, 0.5) is 21.5 Å².